The SMILES string of the molecule is CCN(CC)C(=O)COc1ccc(NC(=O)Cc2c(C)nn(-c3ccc(F)cc3)c2C)cc1Cl. The number of benzene rings is 2. The van der Waals surface area contributed by atoms with Gasteiger partial charge in [-0.15, -0.1) is 0 Å². The molecular formula is C25H28ClFN4O3. The van der Waals surface area contributed by atoms with E-state index in [-0.39, 0.29) is 30.7 Å². The molecular weight excluding hydrogens is 459 g/mol. The molecule has 0 saturated carbocycles. The Balaban J connectivity index is 1.65. The summed E-state index contributed by atoms with van der Waals surface area (Å²) in [5.41, 5.74) is 3.55. The van der Waals surface area contributed by atoms with Gasteiger partial charge in [0.25, 0.3) is 5.91 Å². The molecule has 7 nitrogen and oxygen atoms in total. The largest absolute Gasteiger partial charge is 0.482 e. The number of amides is 2. The molecule has 0 aliphatic heterocycles. The van der Waals surface area contributed by atoms with Crippen molar-refractivity contribution in [2.24, 2.45) is 0 Å². The summed E-state index contributed by atoms with van der Waals surface area (Å²) in [4.78, 5) is 26.5. The Morgan fingerprint density at radius 2 is 1.79 bits per heavy atom. The van der Waals surface area contributed by atoms with Crippen molar-refractivity contribution in [1.82, 2.24) is 14.7 Å². The lowest BCUT2D eigenvalue weighted by Crippen LogP contribution is -2.34. The van der Waals surface area contributed by atoms with Gasteiger partial charge in [0, 0.05) is 30.0 Å². The number of carbonyl (C=O) groups is 2. The Morgan fingerprint density at radius 1 is 1.12 bits per heavy atom. The molecule has 0 bridgehead atoms. The van der Waals surface area contributed by atoms with Crippen molar-refractivity contribution in [3.8, 4) is 11.4 Å². The van der Waals surface area contributed by atoms with Crippen LogP contribution >= 0.6 is 11.6 Å². The summed E-state index contributed by atoms with van der Waals surface area (Å²) >= 11 is 6.30. The monoisotopic (exact) mass is 486 g/mol. The number of halogens is 2. The fourth-order valence-corrected chi connectivity index (χ4v) is 3.87. The standard InChI is InChI=1S/C25H28ClFN4O3/c1-5-30(6-2)25(33)15-34-23-12-9-19(13-22(23)26)28-24(32)14-21-16(3)29-31(17(21)4)20-10-7-18(27)8-11-20/h7-13H,5-6,14-15H2,1-4H3,(H,28,32). The lowest BCUT2D eigenvalue weighted by molar-refractivity contribution is -0.133. The van der Waals surface area contributed by atoms with Crippen LogP contribution in [0.2, 0.25) is 5.02 Å². The predicted octanol–water partition coefficient (Wildman–Crippen LogP) is 4.71. The highest BCUT2D eigenvalue weighted by Gasteiger charge is 2.17. The van der Waals surface area contributed by atoms with E-state index in [0.29, 0.717) is 29.5 Å². The number of aryl methyl sites for hydroxylation is 1. The lowest BCUT2D eigenvalue weighted by Gasteiger charge is -2.19. The van der Waals surface area contributed by atoms with Crippen LogP contribution in [0.3, 0.4) is 0 Å². The highest BCUT2D eigenvalue weighted by molar-refractivity contribution is 6.32. The van der Waals surface area contributed by atoms with Crippen molar-refractivity contribution in [3.63, 3.8) is 0 Å². The van der Waals surface area contributed by atoms with E-state index < -0.39 is 0 Å². The maximum atomic E-state index is 13.2. The van der Waals surface area contributed by atoms with Crippen molar-refractivity contribution < 1.29 is 18.7 Å². The molecule has 1 N–H and O–H groups in total. The molecule has 0 radical (unpaired) electrons. The van der Waals surface area contributed by atoms with Crippen LogP contribution < -0.4 is 10.1 Å². The van der Waals surface area contributed by atoms with Gasteiger partial charge in [-0.25, -0.2) is 9.07 Å². The second-order valence-electron chi connectivity index (χ2n) is 7.76. The molecule has 1 heterocycles. The summed E-state index contributed by atoms with van der Waals surface area (Å²) in [5, 5.41) is 7.62. The fraction of sp³-hybridized carbons (Fsp3) is 0.320. The van der Waals surface area contributed by atoms with Gasteiger partial charge < -0.3 is 15.0 Å². The molecule has 0 spiro atoms. The Morgan fingerprint density at radius 3 is 2.41 bits per heavy atom. The fourth-order valence-electron chi connectivity index (χ4n) is 3.63. The third kappa shape index (κ3) is 5.94. The van der Waals surface area contributed by atoms with Gasteiger partial charge >= 0.3 is 0 Å². The van der Waals surface area contributed by atoms with Crippen LogP contribution in [0.15, 0.2) is 42.5 Å². The zero-order chi connectivity index (χ0) is 24.8. The molecule has 0 aliphatic rings. The highest BCUT2D eigenvalue weighted by atomic mass is 35.5. The summed E-state index contributed by atoms with van der Waals surface area (Å²) in [6.45, 7) is 8.62. The van der Waals surface area contributed by atoms with Gasteiger partial charge in [0.05, 0.1) is 22.8 Å². The molecule has 180 valence electrons. The van der Waals surface area contributed by atoms with E-state index in [9.17, 15) is 14.0 Å². The van der Waals surface area contributed by atoms with E-state index in [0.717, 1.165) is 22.6 Å². The molecule has 3 aromatic rings. The number of anilines is 1. The Bertz CT molecular complexity index is 1170. The molecule has 0 unspecified atom stereocenters. The van der Waals surface area contributed by atoms with Gasteiger partial charge in [0.15, 0.2) is 6.61 Å². The molecule has 0 aliphatic carbocycles. The van der Waals surface area contributed by atoms with Gasteiger partial charge in [-0.05, 0) is 70.2 Å². The number of nitrogens with one attached hydrogen (secondary N) is 1. The van der Waals surface area contributed by atoms with Crippen LogP contribution in [0.25, 0.3) is 5.69 Å². The first-order chi connectivity index (χ1) is 16.2. The second kappa shape index (κ2) is 11.2. The molecule has 3 rings (SSSR count). The van der Waals surface area contributed by atoms with E-state index in [4.69, 9.17) is 16.3 Å². The zero-order valence-electron chi connectivity index (χ0n) is 19.7. The average Bonchev–Trinajstić information content (AvgIpc) is 3.08. The molecule has 1 aromatic heterocycles. The average molecular weight is 487 g/mol. The molecule has 0 atom stereocenters. The van der Waals surface area contributed by atoms with E-state index in [2.05, 4.69) is 10.4 Å². The number of aromatic nitrogens is 2. The maximum Gasteiger partial charge on any atom is 0.260 e. The first kappa shape index (κ1) is 25.2. The highest BCUT2D eigenvalue weighted by Crippen LogP contribution is 2.28. The van der Waals surface area contributed by atoms with Crippen molar-refractivity contribution in [2.45, 2.75) is 34.1 Å². The quantitative estimate of drug-likeness (QED) is 0.475. The second-order valence-corrected chi connectivity index (χ2v) is 8.17. The molecule has 9 heteroatoms. The van der Waals surface area contributed by atoms with Crippen molar-refractivity contribution in [1.29, 1.82) is 0 Å². The van der Waals surface area contributed by atoms with E-state index in [1.807, 2.05) is 27.7 Å². The van der Waals surface area contributed by atoms with Gasteiger partial charge in [-0.1, -0.05) is 11.6 Å². The van der Waals surface area contributed by atoms with E-state index in [1.54, 1.807) is 39.9 Å². The van der Waals surface area contributed by atoms with Crippen LogP contribution in [-0.4, -0.2) is 46.2 Å². The van der Waals surface area contributed by atoms with Gasteiger partial charge in [0.2, 0.25) is 5.91 Å². The summed E-state index contributed by atoms with van der Waals surface area (Å²) in [6.07, 6.45) is 0.118. The summed E-state index contributed by atoms with van der Waals surface area (Å²) in [7, 11) is 0. The zero-order valence-corrected chi connectivity index (χ0v) is 20.4. The molecule has 0 fully saturated rings. The molecule has 0 saturated heterocycles. The third-order valence-electron chi connectivity index (χ3n) is 5.53. The van der Waals surface area contributed by atoms with Crippen molar-refractivity contribution in [3.05, 3.63) is 70.3 Å². The van der Waals surface area contributed by atoms with E-state index >= 15 is 0 Å². The first-order valence-electron chi connectivity index (χ1n) is 11.0. The minimum atomic E-state index is -0.324. The van der Waals surface area contributed by atoms with E-state index in [1.165, 1.54) is 12.1 Å². The van der Waals surface area contributed by atoms with Crippen molar-refractivity contribution >= 4 is 29.1 Å². The summed E-state index contributed by atoms with van der Waals surface area (Å²) in [6, 6.07) is 10.9. The van der Waals surface area contributed by atoms with Crippen LogP contribution in [0.4, 0.5) is 10.1 Å². The maximum absolute atomic E-state index is 13.2. The lowest BCUT2D eigenvalue weighted by atomic mass is 10.1. The third-order valence-corrected chi connectivity index (χ3v) is 5.83. The minimum Gasteiger partial charge on any atom is -0.482 e. The topological polar surface area (TPSA) is 76.5 Å². The summed E-state index contributed by atoms with van der Waals surface area (Å²) in [5.74, 6) is -0.306. The van der Waals surface area contributed by atoms with Gasteiger partial charge in [-0.2, -0.15) is 5.10 Å². The van der Waals surface area contributed by atoms with Gasteiger partial charge in [-0.3, -0.25) is 9.59 Å². The Hall–Kier alpha value is -3.39. The van der Waals surface area contributed by atoms with Crippen LogP contribution in [0.1, 0.15) is 30.8 Å². The minimum absolute atomic E-state index is 0.107. The smallest absolute Gasteiger partial charge is 0.260 e. The number of hydrogen-bond donors (Lipinski definition) is 1. The predicted molar refractivity (Wildman–Crippen MR) is 130 cm³/mol. The number of nitrogens with zero attached hydrogens (tertiary/aromatic N) is 3. The number of hydrogen-bond acceptors (Lipinski definition) is 4. The Labute approximate surface area is 203 Å². The Kier molecular flexibility index (Phi) is 8.28. The van der Waals surface area contributed by atoms with Crippen LogP contribution in [0.5, 0.6) is 5.75 Å². The molecule has 34 heavy (non-hydrogen) atoms. The number of carbonyl (C=O) groups excluding carboxylic acids is 2. The number of ether oxygens (including phenoxy) is 1. The van der Waals surface area contributed by atoms with Crippen molar-refractivity contribution in [2.75, 3.05) is 25.0 Å². The number of likely N-dealkylation sites (N-methyl/N-ethyl adjacent to an activating group) is 1. The normalized spacial score (nSPS) is 10.8. The molecule has 2 aromatic carbocycles. The number of rotatable bonds is 9. The first-order valence-corrected chi connectivity index (χ1v) is 11.4. The van der Waals surface area contributed by atoms with Crippen LogP contribution in [0, 0.1) is 19.7 Å². The van der Waals surface area contributed by atoms with Gasteiger partial charge in [0.1, 0.15) is 11.6 Å². The molecule has 2 amide bonds. The summed E-state index contributed by atoms with van der Waals surface area (Å²) < 4.78 is 20.5. The van der Waals surface area contributed by atoms with Crippen LogP contribution in [-0.2, 0) is 16.0 Å².